The topological polar surface area (TPSA) is 50.4 Å². The summed E-state index contributed by atoms with van der Waals surface area (Å²) in [5, 5.41) is 6.39. The Bertz CT molecular complexity index is 468. The molecule has 1 unspecified atom stereocenters. The monoisotopic (exact) mass is 304 g/mol. The number of carbonyl (C=O) groups excluding carboxylic acids is 1. The first-order valence-corrected chi connectivity index (χ1v) is 8.34. The normalized spacial score (nSPS) is 17.9. The molecule has 22 heavy (non-hydrogen) atoms. The molecule has 2 rings (SSSR count). The van der Waals surface area contributed by atoms with Gasteiger partial charge in [0, 0.05) is 25.3 Å². The molecule has 2 N–H and O–H groups in total. The summed E-state index contributed by atoms with van der Waals surface area (Å²) in [5.41, 5.74) is 1.87. The summed E-state index contributed by atoms with van der Waals surface area (Å²) in [6.45, 7) is 7.68. The highest BCUT2D eigenvalue weighted by Gasteiger charge is 2.16. The summed E-state index contributed by atoms with van der Waals surface area (Å²) in [5.74, 6) is 0.696. The van der Waals surface area contributed by atoms with Gasteiger partial charge in [-0.05, 0) is 49.4 Å². The van der Waals surface area contributed by atoms with Crippen molar-refractivity contribution in [2.45, 2.75) is 45.8 Å². The molecular weight excluding hydrogens is 276 g/mol. The Morgan fingerprint density at radius 1 is 1.41 bits per heavy atom. The van der Waals surface area contributed by atoms with E-state index >= 15 is 0 Å². The van der Waals surface area contributed by atoms with Gasteiger partial charge in [-0.1, -0.05) is 26.0 Å². The van der Waals surface area contributed by atoms with Crippen molar-refractivity contribution in [2.75, 3.05) is 19.7 Å². The standard InChI is InChI=1S/C18H28N2O2/c1-14(2)8-9-19-12-15-5-3-6-16(11-15)18(21)20-13-17-7-4-10-22-17/h3,5-6,11,14,17,19H,4,7-10,12-13H2,1-2H3,(H,20,21). The molecule has 4 heteroatoms. The average Bonchev–Trinajstić information content (AvgIpc) is 3.03. The van der Waals surface area contributed by atoms with Crippen molar-refractivity contribution in [3.63, 3.8) is 0 Å². The third-order valence-electron chi connectivity index (χ3n) is 3.93. The molecule has 0 aliphatic carbocycles. The van der Waals surface area contributed by atoms with Crippen LogP contribution in [0.1, 0.15) is 49.0 Å². The fraction of sp³-hybridized carbons (Fsp3) is 0.611. The van der Waals surface area contributed by atoms with E-state index < -0.39 is 0 Å². The van der Waals surface area contributed by atoms with E-state index in [1.54, 1.807) is 0 Å². The van der Waals surface area contributed by atoms with E-state index in [0.717, 1.165) is 43.7 Å². The fourth-order valence-corrected chi connectivity index (χ4v) is 2.56. The van der Waals surface area contributed by atoms with Crippen molar-refractivity contribution in [3.8, 4) is 0 Å². The smallest absolute Gasteiger partial charge is 0.251 e. The van der Waals surface area contributed by atoms with Crippen molar-refractivity contribution in [1.29, 1.82) is 0 Å². The van der Waals surface area contributed by atoms with E-state index in [9.17, 15) is 4.79 Å². The van der Waals surface area contributed by atoms with Gasteiger partial charge in [-0.25, -0.2) is 0 Å². The molecule has 1 aromatic rings. The Labute approximate surface area is 133 Å². The molecule has 0 bridgehead atoms. The van der Waals surface area contributed by atoms with Crippen LogP contribution in [0, 0.1) is 5.92 Å². The second-order valence-electron chi connectivity index (χ2n) is 6.40. The lowest BCUT2D eigenvalue weighted by molar-refractivity contribution is 0.0857. The summed E-state index contributed by atoms with van der Waals surface area (Å²) in [6, 6.07) is 7.83. The summed E-state index contributed by atoms with van der Waals surface area (Å²) in [4.78, 5) is 12.2. The van der Waals surface area contributed by atoms with E-state index in [4.69, 9.17) is 4.74 Å². The van der Waals surface area contributed by atoms with Crippen LogP contribution in [0.2, 0.25) is 0 Å². The molecule has 1 atom stereocenters. The third kappa shape index (κ3) is 5.78. The van der Waals surface area contributed by atoms with Crippen LogP contribution >= 0.6 is 0 Å². The van der Waals surface area contributed by atoms with E-state index in [1.807, 2.05) is 18.2 Å². The molecule has 1 saturated heterocycles. The van der Waals surface area contributed by atoms with Gasteiger partial charge in [0.2, 0.25) is 0 Å². The summed E-state index contributed by atoms with van der Waals surface area (Å²) >= 11 is 0. The largest absolute Gasteiger partial charge is 0.376 e. The highest BCUT2D eigenvalue weighted by atomic mass is 16.5. The lowest BCUT2D eigenvalue weighted by Gasteiger charge is -2.12. The summed E-state index contributed by atoms with van der Waals surface area (Å²) in [6.07, 6.45) is 3.49. The molecule has 1 fully saturated rings. The van der Waals surface area contributed by atoms with Crippen molar-refractivity contribution in [2.24, 2.45) is 5.92 Å². The number of nitrogens with one attached hydrogen (secondary N) is 2. The minimum absolute atomic E-state index is 0.0143. The van der Waals surface area contributed by atoms with E-state index in [1.165, 1.54) is 6.42 Å². The number of hydrogen-bond acceptors (Lipinski definition) is 3. The predicted octanol–water partition coefficient (Wildman–Crippen LogP) is 2.73. The SMILES string of the molecule is CC(C)CCNCc1cccc(C(=O)NCC2CCCO2)c1. The quantitative estimate of drug-likeness (QED) is 0.726. The molecule has 0 aromatic heterocycles. The maximum absolute atomic E-state index is 12.2. The molecule has 1 heterocycles. The highest BCUT2D eigenvalue weighted by Crippen LogP contribution is 2.11. The maximum atomic E-state index is 12.2. The van der Waals surface area contributed by atoms with Crippen LogP contribution in [0.5, 0.6) is 0 Å². The second-order valence-corrected chi connectivity index (χ2v) is 6.40. The van der Waals surface area contributed by atoms with Gasteiger partial charge < -0.3 is 15.4 Å². The van der Waals surface area contributed by atoms with Gasteiger partial charge in [-0.2, -0.15) is 0 Å². The molecule has 0 spiro atoms. The molecule has 1 aliphatic rings. The number of hydrogen-bond donors (Lipinski definition) is 2. The van der Waals surface area contributed by atoms with E-state index in [-0.39, 0.29) is 12.0 Å². The molecule has 1 aliphatic heterocycles. The van der Waals surface area contributed by atoms with Gasteiger partial charge >= 0.3 is 0 Å². The predicted molar refractivity (Wildman–Crippen MR) is 88.9 cm³/mol. The van der Waals surface area contributed by atoms with Crippen LogP contribution in [0.15, 0.2) is 24.3 Å². The number of ether oxygens (including phenoxy) is 1. The van der Waals surface area contributed by atoms with E-state index in [2.05, 4.69) is 30.5 Å². The summed E-state index contributed by atoms with van der Waals surface area (Å²) < 4.78 is 5.52. The third-order valence-corrected chi connectivity index (χ3v) is 3.93. The van der Waals surface area contributed by atoms with Gasteiger partial charge in [0.1, 0.15) is 0 Å². The Morgan fingerprint density at radius 3 is 3.00 bits per heavy atom. The van der Waals surface area contributed by atoms with Crippen molar-refractivity contribution < 1.29 is 9.53 Å². The Balaban J connectivity index is 1.77. The average molecular weight is 304 g/mol. The van der Waals surface area contributed by atoms with Crippen LogP contribution in [0.3, 0.4) is 0 Å². The molecule has 4 nitrogen and oxygen atoms in total. The zero-order valence-electron chi connectivity index (χ0n) is 13.7. The first-order valence-electron chi connectivity index (χ1n) is 8.34. The first kappa shape index (κ1) is 17.0. The Hall–Kier alpha value is -1.39. The van der Waals surface area contributed by atoms with Crippen LogP contribution in [0.4, 0.5) is 0 Å². The molecular formula is C18H28N2O2. The zero-order valence-corrected chi connectivity index (χ0v) is 13.7. The molecule has 1 amide bonds. The van der Waals surface area contributed by atoms with Gasteiger partial charge in [-0.3, -0.25) is 4.79 Å². The van der Waals surface area contributed by atoms with Gasteiger partial charge in [0.25, 0.3) is 5.91 Å². The summed E-state index contributed by atoms with van der Waals surface area (Å²) in [7, 11) is 0. The van der Waals surface area contributed by atoms with Gasteiger partial charge in [0.05, 0.1) is 6.10 Å². The Kier molecular flexibility index (Phi) is 6.87. The van der Waals surface area contributed by atoms with E-state index in [0.29, 0.717) is 12.5 Å². The van der Waals surface area contributed by atoms with Crippen LogP contribution < -0.4 is 10.6 Å². The van der Waals surface area contributed by atoms with Crippen molar-refractivity contribution in [3.05, 3.63) is 35.4 Å². The molecule has 0 radical (unpaired) electrons. The van der Waals surface area contributed by atoms with Crippen LogP contribution in [0.25, 0.3) is 0 Å². The van der Waals surface area contributed by atoms with Gasteiger partial charge in [0.15, 0.2) is 0 Å². The van der Waals surface area contributed by atoms with Crippen LogP contribution in [-0.4, -0.2) is 31.7 Å². The zero-order chi connectivity index (χ0) is 15.8. The molecule has 0 saturated carbocycles. The maximum Gasteiger partial charge on any atom is 0.251 e. The molecule has 122 valence electrons. The lowest BCUT2D eigenvalue weighted by atomic mass is 10.1. The fourth-order valence-electron chi connectivity index (χ4n) is 2.56. The minimum atomic E-state index is -0.0143. The highest BCUT2D eigenvalue weighted by molar-refractivity contribution is 5.94. The number of rotatable bonds is 8. The van der Waals surface area contributed by atoms with Crippen molar-refractivity contribution >= 4 is 5.91 Å². The van der Waals surface area contributed by atoms with Crippen molar-refractivity contribution in [1.82, 2.24) is 10.6 Å². The Morgan fingerprint density at radius 2 is 2.27 bits per heavy atom. The number of carbonyl (C=O) groups is 1. The lowest BCUT2D eigenvalue weighted by Crippen LogP contribution is -2.31. The minimum Gasteiger partial charge on any atom is -0.376 e. The van der Waals surface area contributed by atoms with Gasteiger partial charge in [-0.15, -0.1) is 0 Å². The first-order chi connectivity index (χ1) is 10.6. The molecule has 1 aromatic carbocycles. The number of benzene rings is 1. The van der Waals surface area contributed by atoms with Crippen LogP contribution in [-0.2, 0) is 11.3 Å². The second kappa shape index (κ2) is 8.91. The number of amides is 1.